The van der Waals surface area contributed by atoms with Crippen molar-refractivity contribution in [2.45, 2.75) is 13.8 Å². The van der Waals surface area contributed by atoms with Gasteiger partial charge in [-0.15, -0.1) is 0 Å². The van der Waals surface area contributed by atoms with E-state index in [2.05, 4.69) is 5.09 Å². The fourth-order valence-corrected chi connectivity index (χ4v) is 3.36. The number of anilines is 2. The Labute approximate surface area is 131 Å². The summed E-state index contributed by atoms with van der Waals surface area (Å²) in [5, 5.41) is 2.84. The van der Waals surface area contributed by atoms with Crippen molar-refractivity contribution in [1.82, 2.24) is 0 Å². The molecule has 22 heavy (non-hydrogen) atoms. The highest BCUT2D eigenvalue weighted by molar-refractivity contribution is 7.55. The molecule has 0 saturated carbocycles. The quantitative estimate of drug-likeness (QED) is 0.579. The molecule has 0 unspecified atom stereocenters. The lowest BCUT2D eigenvalue weighted by Gasteiger charge is -2.18. The van der Waals surface area contributed by atoms with E-state index >= 15 is 0 Å². The highest BCUT2D eigenvalue weighted by Gasteiger charge is 2.23. The Balaban J connectivity index is 2.14. The second-order valence-electron chi connectivity index (χ2n) is 4.64. The van der Waals surface area contributed by atoms with E-state index in [1.165, 1.54) is 0 Å². The topological polar surface area (TPSA) is 73.6 Å². The largest absolute Gasteiger partial charge is 0.432 e. The Bertz CT molecular complexity index is 631. The van der Waals surface area contributed by atoms with Crippen LogP contribution in [0.3, 0.4) is 0 Å². The van der Waals surface area contributed by atoms with E-state index in [4.69, 9.17) is 14.8 Å². The van der Waals surface area contributed by atoms with Gasteiger partial charge in [0.1, 0.15) is 0 Å². The highest BCUT2D eigenvalue weighted by atomic mass is 31.2. The maximum atomic E-state index is 12.4. The third-order valence-corrected chi connectivity index (χ3v) is 4.72. The molecule has 0 saturated heterocycles. The summed E-state index contributed by atoms with van der Waals surface area (Å²) in [6, 6.07) is 15.2. The lowest BCUT2D eigenvalue weighted by molar-refractivity contribution is 0.225. The van der Waals surface area contributed by atoms with E-state index in [0.717, 1.165) is 16.8 Å². The molecule has 2 aromatic carbocycles. The molecule has 3 N–H and O–H groups in total. The number of benzene rings is 2. The van der Waals surface area contributed by atoms with E-state index in [-0.39, 0.29) is 0 Å². The average molecular weight is 320 g/mol. The van der Waals surface area contributed by atoms with Crippen LogP contribution >= 0.6 is 7.75 Å². The number of rotatable bonds is 7. The fraction of sp³-hybridized carbons (Fsp3) is 0.250. The number of hydrogen-bond acceptors (Lipinski definition) is 4. The molecule has 0 fully saturated rings. The molecule has 0 bridgehead atoms. The second-order valence-corrected chi connectivity index (χ2v) is 6.38. The normalized spacial score (nSPS) is 11.4. The van der Waals surface area contributed by atoms with Crippen molar-refractivity contribution < 1.29 is 13.6 Å². The molecule has 0 atom stereocenters. The first-order chi connectivity index (χ1) is 10.6. The van der Waals surface area contributed by atoms with Crippen molar-refractivity contribution in [3.8, 4) is 11.1 Å². The molecule has 0 radical (unpaired) electrons. The smallest absolute Gasteiger partial charge is 0.399 e. The van der Waals surface area contributed by atoms with Gasteiger partial charge in [-0.1, -0.05) is 24.3 Å². The molecule has 0 aliphatic rings. The third kappa shape index (κ3) is 4.34. The standard InChI is InChI=1S/C16H21N2O3P/c1-3-20-22(19,21-4-2)18-16-11-7-14(8-12-16)13-5-9-15(17)10-6-13/h5-12H,3-4,17H2,1-2H3,(H,18,19). The van der Waals surface area contributed by atoms with Crippen LogP contribution in [-0.2, 0) is 13.6 Å². The maximum absolute atomic E-state index is 12.4. The molecule has 6 heteroatoms. The minimum absolute atomic E-state index is 0.313. The molecule has 118 valence electrons. The molecule has 0 amide bonds. The monoisotopic (exact) mass is 320 g/mol. The van der Waals surface area contributed by atoms with Crippen LogP contribution in [0, 0.1) is 0 Å². The predicted octanol–water partition coefficient (Wildman–Crippen LogP) is 4.53. The van der Waals surface area contributed by atoms with Gasteiger partial charge in [0.25, 0.3) is 0 Å². The van der Waals surface area contributed by atoms with Crippen molar-refractivity contribution in [2.75, 3.05) is 24.0 Å². The Kier molecular flexibility index (Phi) is 5.61. The molecule has 2 rings (SSSR count). The molecule has 0 aromatic heterocycles. The van der Waals surface area contributed by atoms with Gasteiger partial charge in [0, 0.05) is 11.4 Å². The molecular weight excluding hydrogens is 299 g/mol. The van der Waals surface area contributed by atoms with Crippen molar-refractivity contribution in [1.29, 1.82) is 0 Å². The summed E-state index contributed by atoms with van der Waals surface area (Å²) >= 11 is 0. The molecular formula is C16H21N2O3P. The predicted molar refractivity (Wildman–Crippen MR) is 90.8 cm³/mol. The van der Waals surface area contributed by atoms with Gasteiger partial charge in [-0.3, -0.25) is 14.1 Å². The fourth-order valence-electron chi connectivity index (χ4n) is 2.01. The van der Waals surface area contributed by atoms with Gasteiger partial charge in [0.05, 0.1) is 13.2 Å². The summed E-state index contributed by atoms with van der Waals surface area (Å²) in [4.78, 5) is 0. The van der Waals surface area contributed by atoms with Gasteiger partial charge in [0.15, 0.2) is 0 Å². The van der Waals surface area contributed by atoms with Crippen molar-refractivity contribution in [2.24, 2.45) is 0 Å². The summed E-state index contributed by atoms with van der Waals surface area (Å²) in [5.74, 6) is 0. The summed E-state index contributed by atoms with van der Waals surface area (Å²) in [5.41, 5.74) is 9.22. The van der Waals surface area contributed by atoms with Crippen molar-refractivity contribution in [3.05, 3.63) is 48.5 Å². The molecule has 0 aliphatic carbocycles. The third-order valence-electron chi connectivity index (χ3n) is 2.99. The SMILES string of the molecule is CCOP(=O)(Nc1ccc(-c2ccc(N)cc2)cc1)OCC. The zero-order valence-electron chi connectivity index (χ0n) is 12.8. The first-order valence-corrected chi connectivity index (χ1v) is 8.74. The minimum atomic E-state index is -3.30. The van der Waals surface area contributed by atoms with E-state index in [1.807, 2.05) is 48.5 Å². The summed E-state index contributed by atoms with van der Waals surface area (Å²) in [6.45, 7) is 4.18. The average Bonchev–Trinajstić information content (AvgIpc) is 2.49. The lowest BCUT2D eigenvalue weighted by Crippen LogP contribution is -2.04. The van der Waals surface area contributed by atoms with Gasteiger partial charge >= 0.3 is 7.75 Å². The molecule has 0 spiro atoms. The van der Waals surface area contributed by atoms with E-state index < -0.39 is 7.75 Å². The molecule has 2 aromatic rings. The van der Waals surface area contributed by atoms with Crippen LogP contribution in [0.25, 0.3) is 11.1 Å². The Morgan fingerprint density at radius 3 is 1.82 bits per heavy atom. The molecule has 5 nitrogen and oxygen atoms in total. The van der Waals surface area contributed by atoms with Crippen LogP contribution in [0.5, 0.6) is 0 Å². The van der Waals surface area contributed by atoms with Crippen LogP contribution in [0.1, 0.15) is 13.8 Å². The zero-order chi connectivity index (χ0) is 16.0. The minimum Gasteiger partial charge on any atom is -0.399 e. The van der Waals surface area contributed by atoms with Gasteiger partial charge in [0.2, 0.25) is 0 Å². The number of nitrogens with two attached hydrogens (primary N) is 1. The van der Waals surface area contributed by atoms with Gasteiger partial charge in [-0.2, -0.15) is 0 Å². The van der Waals surface area contributed by atoms with E-state index in [9.17, 15) is 4.57 Å². The van der Waals surface area contributed by atoms with Crippen LogP contribution in [0.2, 0.25) is 0 Å². The van der Waals surface area contributed by atoms with Crippen LogP contribution in [0.15, 0.2) is 48.5 Å². The Morgan fingerprint density at radius 2 is 1.36 bits per heavy atom. The first kappa shape index (κ1) is 16.6. The lowest BCUT2D eigenvalue weighted by atomic mass is 10.1. The van der Waals surface area contributed by atoms with Crippen LogP contribution < -0.4 is 10.8 Å². The van der Waals surface area contributed by atoms with Gasteiger partial charge in [-0.25, -0.2) is 4.57 Å². The first-order valence-electron chi connectivity index (χ1n) is 7.19. The summed E-state index contributed by atoms with van der Waals surface area (Å²) in [6.07, 6.45) is 0. The van der Waals surface area contributed by atoms with Crippen LogP contribution in [0.4, 0.5) is 11.4 Å². The zero-order valence-corrected chi connectivity index (χ0v) is 13.7. The van der Waals surface area contributed by atoms with Gasteiger partial charge in [-0.05, 0) is 49.2 Å². The van der Waals surface area contributed by atoms with E-state index in [0.29, 0.717) is 18.9 Å². The highest BCUT2D eigenvalue weighted by Crippen LogP contribution is 2.47. The number of nitrogen functional groups attached to an aromatic ring is 1. The van der Waals surface area contributed by atoms with E-state index in [1.54, 1.807) is 13.8 Å². The van der Waals surface area contributed by atoms with Crippen LogP contribution in [-0.4, -0.2) is 13.2 Å². The summed E-state index contributed by atoms with van der Waals surface area (Å²) in [7, 11) is -3.30. The maximum Gasteiger partial charge on any atom is 0.432 e. The van der Waals surface area contributed by atoms with Crippen molar-refractivity contribution >= 4 is 19.1 Å². The Hall–Kier alpha value is -1.81. The molecule has 0 heterocycles. The second kappa shape index (κ2) is 7.45. The van der Waals surface area contributed by atoms with Crippen molar-refractivity contribution in [3.63, 3.8) is 0 Å². The van der Waals surface area contributed by atoms with Gasteiger partial charge < -0.3 is 5.73 Å². The number of nitrogens with one attached hydrogen (secondary N) is 1. The Morgan fingerprint density at radius 1 is 0.909 bits per heavy atom. The number of hydrogen-bond donors (Lipinski definition) is 2. The molecule has 0 aliphatic heterocycles. The summed E-state index contributed by atoms with van der Waals surface area (Å²) < 4.78 is 22.8.